The first kappa shape index (κ1) is 18.9. The Hall–Kier alpha value is -2.47. The zero-order chi connectivity index (χ0) is 18.6. The van der Waals surface area contributed by atoms with E-state index in [1.807, 2.05) is 32.0 Å². The molecule has 0 saturated heterocycles. The first-order valence-electron chi connectivity index (χ1n) is 7.81. The van der Waals surface area contributed by atoms with Gasteiger partial charge in [-0.15, -0.1) is 0 Å². The maximum Gasteiger partial charge on any atom is 0.340 e. The number of hydrogen-bond acceptors (Lipinski definition) is 4. The number of amides is 1. The van der Waals surface area contributed by atoms with Crippen LogP contribution < -0.4 is 5.32 Å². The number of hydrogen-bond donors (Lipinski definition) is 1. The summed E-state index contributed by atoms with van der Waals surface area (Å²) in [7, 11) is -1.33. The van der Waals surface area contributed by atoms with E-state index in [-0.39, 0.29) is 5.56 Å². The normalized spacial score (nSPS) is 13.0. The maximum atomic E-state index is 12.3. The van der Waals surface area contributed by atoms with Gasteiger partial charge in [-0.2, -0.15) is 0 Å². The Morgan fingerprint density at radius 2 is 1.80 bits per heavy atom. The summed E-state index contributed by atoms with van der Waals surface area (Å²) in [5.41, 5.74) is 2.83. The number of ether oxygens (including phenoxy) is 1. The van der Waals surface area contributed by atoms with Crippen LogP contribution in [0.4, 0.5) is 5.69 Å². The third-order valence-electron chi connectivity index (χ3n) is 3.72. The van der Waals surface area contributed by atoms with Crippen molar-refractivity contribution in [1.82, 2.24) is 0 Å². The summed E-state index contributed by atoms with van der Waals surface area (Å²) in [5, 5.41) is 2.77. The molecule has 5 nitrogen and oxygen atoms in total. The van der Waals surface area contributed by atoms with E-state index in [1.54, 1.807) is 18.2 Å². The lowest BCUT2D eigenvalue weighted by Gasteiger charge is -2.16. The van der Waals surface area contributed by atoms with Crippen molar-refractivity contribution in [3.8, 4) is 0 Å². The number of benzene rings is 2. The SMILES string of the molecule is Cc1ccc(C)c(NC(=O)[C@@H](C)OC(=O)c2ccccc2[S@](C)=O)c1. The Labute approximate surface area is 149 Å². The third kappa shape index (κ3) is 4.76. The third-order valence-corrected chi connectivity index (χ3v) is 4.70. The van der Waals surface area contributed by atoms with Crippen molar-refractivity contribution in [3.63, 3.8) is 0 Å². The Kier molecular flexibility index (Phi) is 6.09. The topological polar surface area (TPSA) is 72.5 Å². The molecule has 0 aromatic heterocycles. The minimum Gasteiger partial charge on any atom is -0.449 e. The van der Waals surface area contributed by atoms with Crippen LogP contribution >= 0.6 is 0 Å². The van der Waals surface area contributed by atoms with Crippen LogP contribution in [0.5, 0.6) is 0 Å². The number of carbonyl (C=O) groups excluding carboxylic acids is 2. The molecule has 0 aliphatic rings. The number of esters is 1. The summed E-state index contributed by atoms with van der Waals surface area (Å²) in [6.45, 7) is 5.32. The van der Waals surface area contributed by atoms with Gasteiger partial charge in [0.2, 0.25) is 0 Å². The number of rotatable bonds is 5. The molecule has 0 aliphatic carbocycles. The van der Waals surface area contributed by atoms with Crippen LogP contribution in [0, 0.1) is 13.8 Å². The van der Waals surface area contributed by atoms with Gasteiger partial charge in [-0.05, 0) is 50.1 Å². The standard InChI is InChI=1S/C19H21NO4S/c1-12-9-10-13(2)16(11-12)20-18(21)14(3)24-19(22)15-7-5-6-8-17(15)25(4)23/h5-11,14H,1-4H3,(H,20,21)/t14-,25+/m1/s1. The molecule has 6 heteroatoms. The average Bonchev–Trinajstić information content (AvgIpc) is 2.57. The van der Waals surface area contributed by atoms with E-state index in [0.29, 0.717) is 10.6 Å². The molecule has 25 heavy (non-hydrogen) atoms. The van der Waals surface area contributed by atoms with Crippen LogP contribution in [-0.4, -0.2) is 28.4 Å². The minimum atomic E-state index is -1.33. The fourth-order valence-corrected chi connectivity index (χ4v) is 3.00. The van der Waals surface area contributed by atoms with Crippen molar-refractivity contribution in [2.24, 2.45) is 0 Å². The van der Waals surface area contributed by atoms with Crippen LogP contribution in [0.1, 0.15) is 28.4 Å². The van der Waals surface area contributed by atoms with E-state index in [2.05, 4.69) is 5.32 Å². The lowest BCUT2D eigenvalue weighted by atomic mass is 10.1. The van der Waals surface area contributed by atoms with Crippen molar-refractivity contribution in [3.05, 3.63) is 59.2 Å². The van der Waals surface area contributed by atoms with Gasteiger partial charge in [0, 0.05) is 11.9 Å². The molecule has 1 N–H and O–H groups in total. The first-order chi connectivity index (χ1) is 11.8. The Balaban J connectivity index is 2.10. The van der Waals surface area contributed by atoms with Gasteiger partial charge in [0.15, 0.2) is 6.10 Å². The molecular weight excluding hydrogens is 338 g/mol. The highest BCUT2D eigenvalue weighted by Gasteiger charge is 2.22. The second-order valence-electron chi connectivity index (χ2n) is 5.81. The van der Waals surface area contributed by atoms with Crippen molar-refractivity contribution in [2.75, 3.05) is 11.6 Å². The Bertz CT molecular complexity index is 832. The van der Waals surface area contributed by atoms with Crippen molar-refractivity contribution >= 4 is 28.4 Å². The second kappa shape index (κ2) is 8.07. The highest BCUT2D eigenvalue weighted by Crippen LogP contribution is 2.18. The van der Waals surface area contributed by atoms with Gasteiger partial charge in [0.05, 0.1) is 21.3 Å². The Morgan fingerprint density at radius 1 is 1.12 bits per heavy atom. The molecule has 2 aromatic carbocycles. The van der Waals surface area contributed by atoms with Crippen molar-refractivity contribution in [2.45, 2.75) is 31.8 Å². The van der Waals surface area contributed by atoms with Gasteiger partial charge in [-0.1, -0.05) is 24.3 Å². The molecule has 0 saturated carbocycles. The molecule has 2 aromatic rings. The van der Waals surface area contributed by atoms with Crippen LogP contribution in [0.2, 0.25) is 0 Å². The molecule has 0 heterocycles. The molecule has 132 valence electrons. The molecule has 2 rings (SSSR count). The molecule has 0 radical (unpaired) electrons. The minimum absolute atomic E-state index is 0.203. The average molecular weight is 359 g/mol. The van der Waals surface area contributed by atoms with Crippen LogP contribution in [0.3, 0.4) is 0 Å². The molecule has 0 aliphatic heterocycles. The molecule has 0 unspecified atom stereocenters. The van der Waals surface area contributed by atoms with Gasteiger partial charge < -0.3 is 10.1 Å². The fourth-order valence-electron chi connectivity index (χ4n) is 2.27. The molecule has 1 amide bonds. The van der Waals surface area contributed by atoms with E-state index >= 15 is 0 Å². The molecule has 2 atom stereocenters. The van der Waals surface area contributed by atoms with Gasteiger partial charge in [0.1, 0.15) is 0 Å². The summed E-state index contributed by atoms with van der Waals surface area (Å²) in [4.78, 5) is 25.0. The lowest BCUT2D eigenvalue weighted by molar-refractivity contribution is -0.123. The molecular formula is C19H21NO4S. The quantitative estimate of drug-likeness (QED) is 0.832. The summed E-state index contributed by atoms with van der Waals surface area (Å²) in [5.74, 6) is -1.09. The second-order valence-corrected chi connectivity index (χ2v) is 7.15. The largest absolute Gasteiger partial charge is 0.449 e. The smallest absolute Gasteiger partial charge is 0.340 e. The van der Waals surface area contributed by atoms with Gasteiger partial charge in [-0.25, -0.2) is 4.79 Å². The van der Waals surface area contributed by atoms with E-state index in [1.165, 1.54) is 19.2 Å². The maximum absolute atomic E-state index is 12.3. The predicted molar refractivity (Wildman–Crippen MR) is 98.2 cm³/mol. The summed E-state index contributed by atoms with van der Waals surface area (Å²) in [6.07, 6.45) is 0.508. The van der Waals surface area contributed by atoms with Gasteiger partial charge in [0.25, 0.3) is 5.91 Å². The molecule has 0 spiro atoms. The number of anilines is 1. The van der Waals surface area contributed by atoms with Crippen LogP contribution in [0.25, 0.3) is 0 Å². The van der Waals surface area contributed by atoms with E-state index in [4.69, 9.17) is 4.74 Å². The van der Waals surface area contributed by atoms with Crippen molar-refractivity contribution < 1.29 is 18.5 Å². The summed E-state index contributed by atoms with van der Waals surface area (Å²) < 4.78 is 17.0. The first-order valence-corrected chi connectivity index (χ1v) is 9.37. The van der Waals surface area contributed by atoms with Crippen LogP contribution in [-0.2, 0) is 20.3 Å². The monoisotopic (exact) mass is 359 g/mol. The van der Waals surface area contributed by atoms with Gasteiger partial charge in [-0.3, -0.25) is 9.00 Å². The number of nitrogens with one attached hydrogen (secondary N) is 1. The van der Waals surface area contributed by atoms with Crippen molar-refractivity contribution in [1.29, 1.82) is 0 Å². The lowest BCUT2D eigenvalue weighted by Crippen LogP contribution is -2.30. The zero-order valence-corrected chi connectivity index (χ0v) is 15.5. The number of aryl methyl sites for hydroxylation is 2. The summed E-state index contributed by atoms with van der Waals surface area (Å²) in [6, 6.07) is 12.2. The van der Waals surface area contributed by atoms with Crippen LogP contribution in [0.15, 0.2) is 47.4 Å². The van der Waals surface area contributed by atoms with Gasteiger partial charge >= 0.3 is 5.97 Å². The number of carbonyl (C=O) groups is 2. The van der Waals surface area contributed by atoms with E-state index in [9.17, 15) is 13.8 Å². The fraction of sp³-hybridized carbons (Fsp3) is 0.263. The molecule has 0 fully saturated rings. The zero-order valence-electron chi connectivity index (χ0n) is 14.7. The van der Waals surface area contributed by atoms with E-state index in [0.717, 1.165) is 11.1 Å². The van der Waals surface area contributed by atoms with E-state index < -0.39 is 28.8 Å². The highest BCUT2D eigenvalue weighted by atomic mass is 32.2. The Morgan fingerprint density at radius 3 is 2.48 bits per heavy atom. The highest BCUT2D eigenvalue weighted by molar-refractivity contribution is 7.84. The predicted octanol–water partition coefficient (Wildman–Crippen LogP) is 3.22. The summed E-state index contributed by atoms with van der Waals surface area (Å²) >= 11 is 0. The molecule has 0 bridgehead atoms.